The van der Waals surface area contributed by atoms with Gasteiger partial charge >= 0.3 is 5.97 Å². The lowest BCUT2D eigenvalue weighted by Gasteiger charge is -2.25. The van der Waals surface area contributed by atoms with E-state index < -0.39 is 0 Å². The number of hydrogen-bond acceptors (Lipinski definition) is 4. The number of esters is 1. The van der Waals surface area contributed by atoms with E-state index in [1.165, 1.54) is 0 Å². The predicted octanol–water partition coefficient (Wildman–Crippen LogP) is 1.65. The highest BCUT2D eigenvalue weighted by Gasteiger charge is 2.44. The molecule has 18 heavy (non-hydrogen) atoms. The number of fused-ring (bicyclic) bond motifs is 1. The van der Waals surface area contributed by atoms with Gasteiger partial charge in [0.2, 0.25) is 0 Å². The van der Waals surface area contributed by atoms with Gasteiger partial charge in [-0.3, -0.25) is 4.79 Å². The minimum Gasteiger partial charge on any atom is -0.465 e. The first kappa shape index (κ1) is 12.4. The Kier molecular flexibility index (Phi) is 3.57. The molecule has 4 unspecified atom stereocenters. The number of aliphatic hydroxyl groups excluding tert-OH is 1. The topological polar surface area (TPSA) is 59.1 Å². The molecule has 4 nitrogen and oxygen atoms in total. The third kappa shape index (κ3) is 2.86. The van der Waals surface area contributed by atoms with Crippen LogP contribution in [0.5, 0.6) is 0 Å². The smallest absolute Gasteiger partial charge is 0.309 e. The second-order valence-electron chi connectivity index (χ2n) is 6.04. The lowest BCUT2D eigenvalue weighted by molar-refractivity contribution is -0.152. The van der Waals surface area contributed by atoms with Crippen molar-refractivity contribution in [2.75, 3.05) is 6.61 Å². The van der Waals surface area contributed by atoms with E-state index in [0.29, 0.717) is 31.2 Å². The van der Waals surface area contributed by atoms with Crippen LogP contribution in [0.2, 0.25) is 0 Å². The van der Waals surface area contributed by atoms with E-state index in [1.54, 1.807) is 0 Å². The Balaban J connectivity index is 1.40. The number of hydrogen-bond donors (Lipinski definition) is 1. The molecule has 0 aromatic rings. The second-order valence-corrected chi connectivity index (χ2v) is 6.04. The first-order valence-electron chi connectivity index (χ1n) is 7.22. The number of aliphatic hydroxyl groups is 1. The molecule has 0 bridgehead atoms. The normalized spacial score (nSPS) is 43.1. The zero-order valence-corrected chi connectivity index (χ0v) is 10.7. The van der Waals surface area contributed by atoms with Crippen LogP contribution in [0.1, 0.15) is 44.9 Å². The minimum atomic E-state index is -0.313. The average Bonchev–Trinajstić information content (AvgIpc) is 3.14. The maximum absolute atomic E-state index is 11.9. The first-order valence-corrected chi connectivity index (χ1v) is 7.22. The van der Waals surface area contributed by atoms with E-state index >= 15 is 0 Å². The summed E-state index contributed by atoms with van der Waals surface area (Å²) in [7, 11) is 0. The molecule has 2 aliphatic carbocycles. The second kappa shape index (κ2) is 5.17. The van der Waals surface area contributed by atoms with Gasteiger partial charge in [0.05, 0.1) is 30.8 Å². The first-order chi connectivity index (χ1) is 8.72. The van der Waals surface area contributed by atoms with Crippen LogP contribution >= 0.6 is 0 Å². The van der Waals surface area contributed by atoms with Crippen molar-refractivity contribution in [3.8, 4) is 0 Å². The van der Waals surface area contributed by atoms with Crippen LogP contribution in [0.15, 0.2) is 0 Å². The van der Waals surface area contributed by atoms with Gasteiger partial charge in [-0.1, -0.05) is 6.42 Å². The van der Waals surface area contributed by atoms with E-state index in [1.807, 2.05) is 0 Å². The van der Waals surface area contributed by atoms with Crippen LogP contribution in [-0.2, 0) is 14.3 Å². The van der Waals surface area contributed by atoms with Crippen molar-refractivity contribution < 1.29 is 19.4 Å². The molecule has 0 radical (unpaired) electrons. The summed E-state index contributed by atoms with van der Waals surface area (Å²) in [6, 6.07) is 0. The van der Waals surface area contributed by atoms with Crippen LogP contribution < -0.4 is 0 Å². The summed E-state index contributed by atoms with van der Waals surface area (Å²) < 4.78 is 10.9. The molecule has 102 valence electrons. The minimum absolute atomic E-state index is 0.0812. The van der Waals surface area contributed by atoms with Gasteiger partial charge in [0, 0.05) is 0 Å². The van der Waals surface area contributed by atoms with Crippen molar-refractivity contribution in [1.82, 2.24) is 0 Å². The number of carbonyl (C=O) groups is 1. The maximum atomic E-state index is 11.9. The molecule has 0 aromatic heterocycles. The van der Waals surface area contributed by atoms with Gasteiger partial charge in [-0.2, -0.15) is 0 Å². The summed E-state index contributed by atoms with van der Waals surface area (Å²) in [5, 5.41) is 9.56. The molecule has 1 heterocycles. The fourth-order valence-corrected chi connectivity index (χ4v) is 3.33. The Morgan fingerprint density at radius 1 is 1.17 bits per heavy atom. The fourth-order valence-electron chi connectivity index (χ4n) is 3.33. The van der Waals surface area contributed by atoms with Crippen molar-refractivity contribution in [3.63, 3.8) is 0 Å². The van der Waals surface area contributed by atoms with E-state index in [-0.39, 0.29) is 18.0 Å². The molecule has 2 saturated carbocycles. The van der Waals surface area contributed by atoms with Gasteiger partial charge in [0.25, 0.3) is 0 Å². The summed E-state index contributed by atoms with van der Waals surface area (Å²) in [6.45, 7) is 0.540. The Morgan fingerprint density at radius 3 is 2.83 bits per heavy atom. The zero-order chi connectivity index (χ0) is 12.5. The molecule has 3 fully saturated rings. The fraction of sp³-hybridized carbons (Fsp3) is 0.929. The lowest BCUT2D eigenvalue weighted by atomic mass is 9.87. The molecule has 1 aliphatic heterocycles. The largest absolute Gasteiger partial charge is 0.465 e. The van der Waals surface area contributed by atoms with Crippen LogP contribution in [0, 0.1) is 11.8 Å². The highest BCUT2D eigenvalue weighted by atomic mass is 16.6. The van der Waals surface area contributed by atoms with Crippen molar-refractivity contribution in [2.24, 2.45) is 11.8 Å². The number of rotatable bonds is 3. The van der Waals surface area contributed by atoms with Crippen molar-refractivity contribution in [2.45, 2.75) is 63.3 Å². The summed E-state index contributed by atoms with van der Waals surface area (Å²) >= 11 is 0. The van der Waals surface area contributed by atoms with E-state index in [9.17, 15) is 9.90 Å². The van der Waals surface area contributed by atoms with E-state index in [2.05, 4.69) is 0 Å². The third-order valence-corrected chi connectivity index (χ3v) is 4.55. The van der Waals surface area contributed by atoms with Gasteiger partial charge in [-0.25, -0.2) is 0 Å². The standard InChI is InChI=1S/C14H22O4/c15-11-3-1-2-10(7-11)14(16)17-8-9-4-5-12-13(6-9)18-12/h9-13,15H,1-8H2/t9?,10?,11-,12?,13?/m1/s1. The van der Waals surface area contributed by atoms with Crippen molar-refractivity contribution in [3.05, 3.63) is 0 Å². The van der Waals surface area contributed by atoms with Gasteiger partial charge in [0.15, 0.2) is 0 Å². The molecule has 1 N–H and O–H groups in total. The Bertz CT molecular complexity index is 317. The number of epoxide rings is 1. The number of ether oxygens (including phenoxy) is 2. The molecule has 0 spiro atoms. The molecule has 3 aliphatic rings. The molecule has 1 saturated heterocycles. The van der Waals surface area contributed by atoms with Crippen LogP contribution in [0.25, 0.3) is 0 Å². The molecule has 5 atom stereocenters. The lowest BCUT2D eigenvalue weighted by Crippen LogP contribution is -2.29. The highest BCUT2D eigenvalue weighted by Crippen LogP contribution is 2.39. The molecular weight excluding hydrogens is 232 g/mol. The highest BCUT2D eigenvalue weighted by molar-refractivity contribution is 5.72. The quantitative estimate of drug-likeness (QED) is 0.614. The van der Waals surface area contributed by atoms with Crippen LogP contribution in [-0.4, -0.2) is 36.0 Å². The Morgan fingerprint density at radius 2 is 2.06 bits per heavy atom. The van der Waals surface area contributed by atoms with Crippen molar-refractivity contribution in [1.29, 1.82) is 0 Å². The maximum Gasteiger partial charge on any atom is 0.309 e. The summed E-state index contributed by atoms with van der Waals surface area (Å²) in [6.07, 6.45) is 7.12. The molecular formula is C14H22O4. The molecule has 0 amide bonds. The average molecular weight is 254 g/mol. The van der Waals surface area contributed by atoms with E-state index in [4.69, 9.17) is 9.47 Å². The van der Waals surface area contributed by atoms with Gasteiger partial charge in [0.1, 0.15) is 0 Å². The van der Waals surface area contributed by atoms with E-state index in [0.717, 1.165) is 38.5 Å². The number of carbonyl (C=O) groups excluding carboxylic acids is 1. The summed E-state index contributed by atoms with van der Waals surface area (Å²) in [5.41, 5.74) is 0. The predicted molar refractivity (Wildman–Crippen MR) is 64.9 cm³/mol. The molecule has 4 heteroatoms. The van der Waals surface area contributed by atoms with Gasteiger partial charge in [-0.15, -0.1) is 0 Å². The SMILES string of the molecule is O=C(OCC1CCC2OC2C1)C1CCC[C@@H](O)C1. The van der Waals surface area contributed by atoms with Crippen LogP contribution in [0.3, 0.4) is 0 Å². The Hall–Kier alpha value is -0.610. The monoisotopic (exact) mass is 254 g/mol. The zero-order valence-electron chi connectivity index (χ0n) is 10.7. The summed E-state index contributed by atoms with van der Waals surface area (Å²) in [4.78, 5) is 11.9. The Labute approximate surface area is 108 Å². The molecule has 0 aromatic carbocycles. The van der Waals surface area contributed by atoms with Crippen molar-refractivity contribution >= 4 is 5.97 Å². The van der Waals surface area contributed by atoms with Crippen LogP contribution in [0.4, 0.5) is 0 Å². The van der Waals surface area contributed by atoms with Gasteiger partial charge < -0.3 is 14.6 Å². The molecule has 3 rings (SSSR count). The van der Waals surface area contributed by atoms with Gasteiger partial charge in [-0.05, 0) is 44.4 Å². The summed E-state index contributed by atoms with van der Waals surface area (Å²) in [5.74, 6) is 0.293. The third-order valence-electron chi connectivity index (χ3n) is 4.55.